The van der Waals surface area contributed by atoms with E-state index in [0.717, 1.165) is 148 Å². The normalized spacial score (nSPS) is 14.5. The Morgan fingerprint density at radius 1 is 0.302 bits per heavy atom. The van der Waals surface area contributed by atoms with Crippen molar-refractivity contribution >= 4 is 39.5 Å². The van der Waals surface area contributed by atoms with E-state index in [1.165, 1.54) is 83.5 Å². The number of esters is 4. The van der Waals surface area contributed by atoms with Gasteiger partial charge in [0.25, 0.3) is 0 Å². The molecule has 0 aliphatic rings. The van der Waals surface area contributed by atoms with Gasteiger partial charge >= 0.3 is 39.5 Å². The van der Waals surface area contributed by atoms with Gasteiger partial charge in [-0.2, -0.15) is 0 Å². The highest BCUT2D eigenvalue weighted by Gasteiger charge is 2.30. The Labute approximate surface area is 582 Å². The number of aliphatic hydroxyl groups excluding tert-OH is 1. The first-order valence-electron chi connectivity index (χ1n) is 37.5. The lowest BCUT2D eigenvalue weighted by Gasteiger charge is -2.21. The number of carbonyl (C=O) groups is 4. The molecule has 5 atom stereocenters. The quantitative estimate of drug-likeness (QED) is 0.0169. The minimum Gasteiger partial charge on any atom is -0.462 e. The van der Waals surface area contributed by atoms with Crippen molar-refractivity contribution in [2.45, 2.75) is 329 Å². The summed E-state index contributed by atoms with van der Waals surface area (Å²) in [6.45, 7) is 4.59. The topological polar surface area (TPSA) is 237 Å². The lowest BCUT2D eigenvalue weighted by Crippen LogP contribution is -2.30. The molecular formula is C77H134O17P2. The molecule has 0 heterocycles. The first kappa shape index (κ1) is 92.0. The third-order valence-electron chi connectivity index (χ3n) is 15.6. The number of hydrogen-bond donors (Lipinski definition) is 3. The Morgan fingerprint density at radius 3 is 0.833 bits per heavy atom. The maximum atomic E-state index is 13.1. The lowest BCUT2D eigenvalue weighted by molar-refractivity contribution is -0.161. The number of phosphoric ester groups is 2. The average Bonchev–Trinajstić information content (AvgIpc) is 1.85. The van der Waals surface area contributed by atoms with Crippen LogP contribution in [0, 0.1) is 0 Å². The molecule has 0 saturated carbocycles. The van der Waals surface area contributed by atoms with Gasteiger partial charge in [-0.3, -0.25) is 37.3 Å². The van der Waals surface area contributed by atoms with Gasteiger partial charge in [0.05, 0.1) is 26.4 Å². The fourth-order valence-electron chi connectivity index (χ4n) is 9.91. The largest absolute Gasteiger partial charge is 0.472 e. The van der Waals surface area contributed by atoms with Crippen LogP contribution in [0.3, 0.4) is 0 Å². The maximum absolute atomic E-state index is 13.1. The van der Waals surface area contributed by atoms with Crippen molar-refractivity contribution in [2.75, 3.05) is 39.6 Å². The summed E-state index contributed by atoms with van der Waals surface area (Å²) in [5.41, 5.74) is 0. The SMILES string of the molecule is CC/C=C\C/C=C\C/C=C\C/C=C\CCCCCCC(=O)OCC(COP(=O)(O)OCC(O)COP(=O)(O)OCC(COC(=O)CCCCCCCCCCCCC)OC(=O)CCCCCCCCCCCCC)OC(=O)CCCCCC/C=C\C/C=C\C/C=C\C/C=C\CC. The van der Waals surface area contributed by atoms with Crippen LogP contribution in [0.5, 0.6) is 0 Å². The molecule has 19 heteroatoms. The number of hydrogen-bond acceptors (Lipinski definition) is 15. The zero-order valence-electron chi connectivity index (χ0n) is 60.3. The van der Waals surface area contributed by atoms with Crippen LogP contribution >= 0.6 is 15.6 Å². The fraction of sp³-hybridized carbons (Fsp3) is 0.740. The van der Waals surface area contributed by atoms with Crippen molar-refractivity contribution in [1.82, 2.24) is 0 Å². The van der Waals surface area contributed by atoms with E-state index in [0.29, 0.717) is 25.7 Å². The second kappa shape index (κ2) is 69.5. The summed E-state index contributed by atoms with van der Waals surface area (Å²) in [4.78, 5) is 72.7. The van der Waals surface area contributed by atoms with Gasteiger partial charge in [0.1, 0.15) is 19.3 Å². The number of carbonyl (C=O) groups excluding carboxylic acids is 4. The van der Waals surface area contributed by atoms with Crippen LogP contribution in [0.15, 0.2) is 97.2 Å². The first-order valence-corrected chi connectivity index (χ1v) is 40.5. The molecule has 554 valence electrons. The van der Waals surface area contributed by atoms with Crippen molar-refractivity contribution in [3.8, 4) is 0 Å². The zero-order chi connectivity index (χ0) is 70.4. The molecular weight excluding hydrogens is 1260 g/mol. The van der Waals surface area contributed by atoms with E-state index in [-0.39, 0.29) is 25.7 Å². The van der Waals surface area contributed by atoms with Gasteiger partial charge in [-0.15, -0.1) is 0 Å². The molecule has 0 spiro atoms. The van der Waals surface area contributed by atoms with Crippen molar-refractivity contribution in [1.29, 1.82) is 0 Å². The average molecular weight is 1390 g/mol. The number of aliphatic hydroxyl groups is 1. The summed E-state index contributed by atoms with van der Waals surface area (Å²) in [7, 11) is -9.95. The molecule has 0 aromatic heterocycles. The minimum atomic E-state index is -4.98. The molecule has 0 aromatic rings. The molecule has 5 unspecified atom stereocenters. The van der Waals surface area contributed by atoms with Crippen LogP contribution in [0.4, 0.5) is 0 Å². The molecule has 0 bridgehead atoms. The summed E-state index contributed by atoms with van der Waals surface area (Å²) in [6.07, 6.45) is 71.2. The molecule has 0 rings (SSSR count). The fourth-order valence-corrected chi connectivity index (χ4v) is 11.5. The second-order valence-corrected chi connectivity index (χ2v) is 27.7. The van der Waals surface area contributed by atoms with Crippen LogP contribution in [-0.4, -0.2) is 96.7 Å². The third kappa shape index (κ3) is 68.5. The second-order valence-electron chi connectivity index (χ2n) is 24.8. The number of allylic oxidation sites excluding steroid dienone is 16. The molecule has 3 N–H and O–H groups in total. The van der Waals surface area contributed by atoms with Gasteiger partial charge in [-0.25, -0.2) is 9.13 Å². The van der Waals surface area contributed by atoms with Crippen LogP contribution in [-0.2, 0) is 65.4 Å². The van der Waals surface area contributed by atoms with Crippen LogP contribution < -0.4 is 0 Å². The molecule has 0 aliphatic carbocycles. The van der Waals surface area contributed by atoms with Crippen molar-refractivity contribution in [3.63, 3.8) is 0 Å². The Balaban J connectivity index is 5.36. The first-order chi connectivity index (χ1) is 46.7. The molecule has 0 aromatic carbocycles. The Hall–Kier alpha value is -4.02. The molecule has 0 saturated heterocycles. The monoisotopic (exact) mass is 1390 g/mol. The number of phosphoric acid groups is 2. The molecule has 0 radical (unpaired) electrons. The van der Waals surface area contributed by atoms with Gasteiger partial charge in [0.15, 0.2) is 12.2 Å². The third-order valence-corrected chi connectivity index (χ3v) is 17.5. The van der Waals surface area contributed by atoms with Crippen molar-refractivity contribution in [2.24, 2.45) is 0 Å². The van der Waals surface area contributed by atoms with Gasteiger partial charge in [0.2, 0.25) is 0 Å². The van der Waals surface area contributed by atoms with Crippen molar-refractivity contribution < 1.29 is 80.2 Å². The lowest BCUT2D eigenvalue weighted by atomic mass is 10.1. The summed E-state index contributed by atoms with van der Waals surface area (Å²) in [5.74, 6) is -2.21. The Morgan fingerprint density at radius 2 is 0.542 bits per heavy atom. The van der Waals surface area contributed by atoms with Crippen LogP contribution in [0.25, 0.3) is 0 Å². The van der Waals surface area contributed by atoms with Gasteiger partial charge < -0.3 is 33.8 Å². The number of ether oxygens (including phenoxy) is 4. The molecule has 96 heavy (non-hydrogen) atoms. The van der Waals surface area contributed by atoms with E-state index in [1.54, 1.807) is 0 Å². The van der Waals surface area contributed by atoms with E-state index in [1.807, 2.05) is 0 Å². The van der Waals surface area contributed by atoms with E-state index in [9.17, 15) is 43.2 Å². The van der Waals surface area contributed by atoms with Gasteiger partial charge in [-0.05, 0) is 103 Å². The molecule has 0 amide bonds. The molecule has 17 nitrogen and oxygen atoms in total. The summed E-state index contributed by atoms with van der Waals surface area (Å²) < 4.78 is 68.3. The van der Waals surface area contributed by atoms with Crippen LogP contribution in [0.1, 0.15) is 310 Å². The summed E-state index contributed by atoms with van der Waals surface area (Å²) in [5, 5.41) is 10.6. The van der Waals surface area contributed by atoms with Crippen molar-refractivity contribution in [3.05, 3.63) is 97.2 Å². The highest BCUT2D eigenvalue weighted by Crippen LogP contribution is 2.45. The minimum absolute atomic E-state index is 0.0610. The standard InChI is InChI=1S/C77H134O17P2/c1-5-9-13-17-21-25-29-31-33-35-37-39-43-46-50-54-58-62-75(80)88-68-73(94-77(82)64-60-56-52-48-44-40-38-36-34-32-30-26-22-18-14-10-6-2)70-92-96(85,86)90-66-71(78)65-89-95(83,84)91-69-72(93-76(81)63-59-55-51-47-42-28-24-20-16-12-8-4)67-87-74(79)61-57-53-49-45-41-27-23-19-15-11-7-3/h9-10,13-14,21-22,25-26,31-34,37-40,71-73,78H,5-8,11-12,15-20,23-24,27-30,35-36,41-70H2,1-4H3,(H,83,84)(H,85,86)/b13-9-,14-10-,25-21-,26-22-,33-31-,34-32-,39-37-,40-38-. The zero-order valence-corrected chi connectivity index (χ0v) is 62.1. The summed E-state index contributed by atoms with van der Waals surface area (Å²) >= 11 is 0. The van der Waals surface area contributed by atoms with Gasteiger partial charge in [-0.1, -0.05) is 279 Å². The predicted octanol–water partition coefficient (Wildman–Crippen LogP) is 21.2. The van der Waals surface area contributed by atoms with Gasteiger partial charge in [0, 0.05) is 25.7 Å². The summed E-state index contributed by atoms with van der Waals surface area (Å²) in [6, 6.07) is 0. The van der Waals surface area contributed by atoms with E-state index >= 15 is 0 Å². The molecule has 0 aliphatic heterocycles. The molecule has 0 fully saturated rings. The van der Waals surface area contributed by atoms with E-state index < -0.39 is 97.5 Å². The maximum Gasteiger partial charge on any atom is 0.472 e. The Kier molecular flexibility index (Phi) is 66.6. The Bertz CT molecular complexity index is 2200. The highest BCUT2D eigenvalue weighted by atomic mass is 31.2. The van der Waals surface area contributed by atoms with Crippen LogP contribution in [0.2, 0.25) is 0 Å². The number of rotatable bonds is 70. The predicted molar refractivity (Wildman–Crippen MR) is 390 cm³/mol. The van der Waals surface area contributed by atoms with E-state index in [2.05, 4.69) is 125 Å². The smallest absolute Gasteiger partial charge is 0.462 e. The van der Waals surface area contributed by atoms with E-state index in [4.69, 9.17) is 37.0 Å². The highest BCUT2D eigenvalue weighted by molar-refractivity contribution is 7.47. The number of unbranched alkanes of at least 4 members (excludes halogenated alkanes) is 28.